The number of rotatable bonds is 1. The molecule has 0 atom stereocenters. The largest absolute Gasteiger partial charge is 0.298 e. The monoisotopic (exact) mass is 121 g/mol. The van der Waals surface area contributed by atoms with Gasteiger partial charge in [0.2, 0.25) is 0 Å². The molecule has 1 nitrogen and oxygen atoms in total. The molecule has 0 N–H and O–H groups in total. The molecule has 0 heterocycles. The maximum absolute atomic E-state index is 4.09. The van der Waals surface area contributed by atoms with Crippen molar-refractivity contribution in [1.29, 1.82) is 0 Å². The normalized spacial score (nSPS) is 66.4. The summed E-state index contributed by atoms with van der Waals surface area (Å²) < 4.78 is 0. The standard InChI is InChI=1S/C8H11N/c1-9-6-2-7-4-8(7,3-6)5-7/h6H,1-5H2. The van der Waals surface area contributed by atoms with E-state index in [1.165, 1.54) is 25.7 Å². The summed E-state index contributed by atoms with van der Waals surface area (Å²) >= 11 is 0. The Morgan fingerprint density at radius 2 is 1.78 bits per heavy atom. The van der Waals surface area contributed by atoms with Crippen LogP contribution in [0.1, 0.15) is 25.7 Å². The molecule has 3 aliphatic rings. The molecule has 0 radical (unpaired) electrons. The lowest BCUT2D eigenvalue weighted by Crippen LogP contribution is -2.08. The average molecular weight is 121 g/mol. The van der Waals surface area contributed by atoms with Gasteiger partial charge in [-0.2, -0.15) is 0 Å². The predicted octanol–water partition coefficient (Wildman–Crippen LogP) is 1.63. The first-order valence-electron chi connectivity index (χ1n) is 3.76. The highest BCUT2D eigenvalue weighted by Crippen LogP contribution is 2.93. The number of hydrogen-bond donors (Lipinski definition) is 0. The van der Waals surface area contributed by atoms with Crippen LogP contribution in [-0.4, -0.2) is 12.8 Å². The molecule has 0 bridgehead atoms. The smallest absolute Gasteiger partial charge is 0.0503 e. The van der Waals surface area contributed by atoms with Gasteiger partial charge in [0.15, 0.2) is 0 Å². The first-order chi connectivity index (χ1) is 4.30. The molecule has 0 amide bonds. The molecule has 3 fully saturated rings. The van der Waals surface area contributed by atoms with Crippen molar-refractivity contribution in [2.75, 3.05) is 0 Å². The maximum atomic E-state index is 4.09. The highest BCUT2D eigenvalue weighted by molar-refractivity contribution is 5.37. The van der Waals surface area contributed by atoms with Crippen molar-refractivity contribution in [3.05, 3.63) is 0 Å². The van der Waals surface area contributed by atoms with Gasteiger partial charge in [-0.25, -0.2) is 0 Å². The van der Waals surface area contributed by atoms with Gasteiger partial charge in [-0.15, -0.1) is 0 Å². The van der Waals surface area contributed by atoms with Gasteiger partial charge in [-0.05, 0) is 43.2 Å². The molecule has 0 spiro atoms. The Morgan fingerprint density at radius 3 is 2.11 bits per heavy atom. The van der Waals surface area contributed by atoms with E-state index in [1.54, 1.807) is 0 Å². The SMILES string of the molecule is C=NC1CC23CC2(C1)C3. The second-order valence-corrected chi connectivity index (χ2v) is 4.16. The summed E-state index contributed by atoms with van der Waals surface area (Å²) in [6.07, 6.45) is 5.81. The molecule has 3 aliphatic carbocycles. The highest BCUT2D eigenvalue weighted by Gasteiger charge is 2.85. The first kappa shape index (κ1) is 4.48. The van der Waals surface area contributed by atoms with E-state index < -0.39 is 0 Å². The fourth-order valence-corrected chi connectivity index (χ4v) is 2.98. The van der Waals surface area contributed by atoms with Gasteiger partial charge in [0.25, 0.3) is 0 Å². The Kier molecular flexibility index (Phi) is 0.439. The maximum Gasteiger partial charge on any atom is 0.0503 e. The van der Waals surface area contributed by atoms with Gasteiger partial charge in [-0.1, -0.05) is 0 Å². The van der Waals surface area contributed by atoms with E-state index in [2.05, 4.69) is 11.7 Å². The van der Waals surface area contributed by atoms with Crippen LogP contribution in [0.25, 0.3) is 0 Å². The molecule has 48 valence electrons. The molecule has 0 aromatic carbocycles. The Labute approximate surface area is 55.2 Å². The summed E-state index contributed by atoms with van der Waals surface area (Å²) in [6, 6.07) is 0.646. The van der Waals surface area contributed by atoms with Crippen LogP contribution in [0.3, 0.4) is 0 Å². The summed E-state index contributed by atoms with van der Waals surface area (Å²) in [5.41, 5.74) is 1.69. The second-order valence-electron chi connectivity index (χ2n) is 4.16. The molecular weight excluding hydrogens is 110 g/mol. The molecule has 0 aromatic heterocycles. The van der Waals surface area contributed by atoms with Crippen LogP contribution in [-0.2, 0) is 0 Å². The third-order valence-corrected chi connectivity index (χ3v) is 3.74. The fraction of sp³-hybridized carbons (Fsp3) is 0.875. The lowest BCUT2D eigenvalue weighted by molar-refractivity contribution is 0.435. The Bertz CT molecular complexity index is 173. The van der Waals surface area contributed by atoms with Crippen molar-refractivity contribution < 1.29 is 0 Å². The van der Waals surface area contributed by atoms with Crippen LogP contribution >= 0.6 is 0 Å². The zero-order chi connectivity index (χ0) is 6.11. The van der Waals surface area contributed by atoms with Gasteiger partial charge in [0.05, 0.1) is 6.04 Å². The van der Waals surface area contributed by atoms with Crippen molar-refractivity contribution in [2.45, 2.75) is 31.7 Å². The number of nitrogens with zero attached hydrogens (tertiary/aromatic N) is 1. The van der Waals surface area contributed by atoms with Crippen LogP contribution in [0.4, 0.5) is 0 Å². The van der Waals surface area contributed by atoms with Crippen molar-refractivity contribution in [1.82, 2.24) is 0 Å². The first-order valence-corrected chi connectivity index (χ1v) is 3.76. The zero-order valence-corrected chi connectivity index (χ0v) is 5.56. The Balaban J connectivity index is 1.90. The van der Waals surface area contributed by atoms with Crippen LogP contribution < -0.4 is 0 Å². The van der Waals surface area contributed by atoms with E-state index in [1.807, 2.05) is 0 Å². The van der Waals surface area contributed by atoms with Gasteiger partial charge < -0.3 is 0 Å². The highest BCUT2D eigenvalue weighted by atomic mass is 15.0. The topological polar surface area (TPSA) is 12.4 Å². The second kappa shape index (κ2) is 0.882. The van der Waals surface area contributed by atoms with Gasteiger partial charge >= 0.3 is 0 Å². The number of hydrogen-bond acceptors (Lipinski definition) is 1. The molecule has 0 aromatic rings. The van der Waals surface area contributed by atoms with E-state index in [-0.39, 0.29) is 0 Å². The van der Waals surface area contributed by atoms with E-state index >= 15 is 0 Å². The van der Waals surface area contributed by atoms with E-state index in [4.69, 9.17) is 0 Å². The van der Waals surface area contributed by atoms with Crippen molar-refractivity contribution >= 4 is 6.72 Å². The van der Waals surface area contributed by atoms with Crippen molar-refractivity contribution in [3.8, 4) is 0 Å². The minimum absolute atomic E-state index is 0.646. The average Bonchev–Trinajstić information content (AvgIpc) is 2.51. The summed E-state index contributed by atoms with van der Waals surface area (Å²) in [5, 5.41) is 0. The molecule has 0 unspecified atom stereocenters. The minimum Gasteiger partial charge on any atom is -0.298 e. The van der Waals surface area contributed by atoms with Crippen LogP contribution in [0.2, 0.25) is 0 Å². The third-order valence-electron chi connectivity index (χ3n) is 3.74. The summed E-state index contributed by atoms with van der Waals surface area (Å²) in [4.78, 5) is 4.09. The third kappa shape index (κ3) is 0.300. The van der Waals surface area contributed by atoms with Gasteiger partial charge in [-0.3, -0.25) is 4.99 Å². The minimum atomic E-state index is 0.646. The van der Waals surface area contributed by atoms with Crippen molar-refractivity contribution in [3.63, 3.8) is 0 Å². The molecule has 3 saturated carbocycles. The lowest BCUT2D eigenvalue weighted by Gasteiger charge is -2.13. The molecular formula is C8H11N. The molecule has 1 heteroatoms. The molecule has 0 aliphatic heterocycles. The van der Waals surface area contributed by atoms with Gasteiger partial charge in [0.1, 0.15) is 0 Å². The van der Waals surface area contributed by atoms with Crippen LogP contribution in [0.5, 0.6) is 0 Å². The summed E-state index contributed by atoms with van der Waals surface area (Å²) in [6.45, 7) is 3.60. The van der Waals surface area contributed by atoms with Crippen LogP contribution in [0.15, 0.2) is 4.99 Å². The fourth-order valence-electron chi connectivity index (χ4n) is 2.98. The van der Waals surface area contributed by atoms with E-state index in [9.17, 15) is 0 Å². The molecule has 0 saturated heterocycles. The lowest BCUT2D eigenvalue weighted by atomic mass is 9.97. The van der Waals surface area contributed by atoms with E-state index in [0.29, 0.717) is 6.04 Å². The quantitative estimate of drug-likeness (QED) is 0.467. The number of aliphatic imine (C=N–C) groups is 1. The van der Waals surface area contributed by atoms with E-state index in [0.717, 1.165) is 10.8 Å². The summed E-state index contributed by atoms with van der Waals surface area (Å²) in [7, 11) is 0. The van der Waals surface area contributed by atoms with Gasteiger partial charge in [0, 0.05) is 0 Å². The molecule has 9 heavy (non-hydrogen) atoms. The predicted molar refractivity (Wildman–Crippen MR) is 36.7 cm³/mol. The zero-order valence-electron chi connectivity index (χ0n) is 5.56. The summed E-state index contributed by atoms with van der Waals surface area (Å²) in [5.74, 6) is 0. The Hall–Kier alpha value is -0.330. The van der Waals surface area contributed by atoms with Crippen LogP contribution in [0, 0.1) is 10.8 Å². The van der Waals surface area contributed by atoms with Crippen molar-refractivity contribution in [2.24, 2.45) is 15.8 Å². The Morgan fingerprint density at radius 1 is 1.22 bits per heavy atom. The molecule has 3 rings (SSSR count).